The van der Waals surface area contributed by atoms with Crippen molar-refractivity contribution in [3.05, 3.63) is 29.3 Å². The maximum Gasteiger partial charge on any atom is 0.303 e. The fraction of sp³-hybridized carbons (Fsp3) is 0.611. The van der Waals surface area contributed by atoms with Crippen LogP contribution in [0.2, 0.25) is 0 Å². The van der Waals surface area contributed by atoms with Gasteiger partial charge in [-0.05, 0) is 47.3 Å². The predicted molar refractivity (Wildman–Crippen MR) is 85.8 cm³/mol. The molecule has 0 spiro atoms. The molecular weight excluding hydrogens is 264 g/mol. The first kappa shape index (κ1) is 17.5. The molecule has 3 nitrogen and oxygen atoms in total. The Morgan fingerprint density at radius 2 is 1.76 bits per heavy atom. The smallest absolute Gasteiger partial charge is 0.303 e. The van der Waals surface area contributed by atoms with Crippen LogP contribution in [0.5, 0.6) is 5.75 Å². The van der Waals surface area contributed by atoms with Gasteiger partial charge in [-0.2, -0.15) is 0 Å². The monoisotopic (exact) mass is 292 g/mol. The zero-order valence-corrected chi connectivity index (χ0v) is 13.9. The topological polar surface area (TPSA) is 57.5 Å². The van der Waals surface area contributed by atoms with Crippen molar-refractivity contribution in [3.63, 3.8) is 0 Å². The second-order valence-corrected chi connectivity index (χ2v) is 7.72. The predicted octanol–water partition coefficient (Wildman–Crippen LogP) is 4.51. The number of aromatic hydroxyl groups is 1. The molecule has 0 aliphatic rings. The number of aliphatic carboxylic acids is 1. The van der Waals surface area contributed by atoms with Crippen LogP contribution in [-0.4, -0.2) is 16.2 Å². The van der Waals surface area contributed by atoms with E-state index in [1.165, 1.54) is 0 Å². The highest BCUT2D eigenvalue weighted by Crippen LogP contribution is 2.40. The fourth-order valence-electron chi connectivity index (χ4n) is 3.15. The van der Waals surface area contributed by atoms with Gasteiger partial charge in [-0.15, -0.1) is 0 Å². The number of rotatable bonds is 6. The van der Waals surface area contributed by atoms with Crippen molar-refractivity contribution < 1.29 is 15.0 Å². The molecule has 2 N–H and O–H groups in total. The summed E-state index contributed by atoms with van der Waals surface area (Å²) in [5.41, 5.74) is 2.09. The van der Waals surface area contributed by atoms with Crippen molar-refractivity contribution in [1.82, 2.24) is 0 Å². The van der Waals surface area contributed by atoms with Gasteiger partial charge in [0.2, 0.25) is 0 Å². The molecule has 1 rings (SSSR count). The van der Waals surface area contributed by atoms with E-state index >= 15 is 0 Å². The van der Waals surface area contributed by atoms with Crippen LogP contribution < -0.4 is 0 Å². The molecule has 0 saturated carbocycles. The number of phenolic OH excluding ortho intramolecular Hbond substituents is 1. The summed E-state index contributed by atoms with van der Waals surface area (Å²) in [6, 6.07) is 5.65. The normalized spacial score (nSPS) is 12.4. The standard InChI is InChI=1S/C18H28O3/c1-17(2,3)12-18(4,5)14-11-13(9-10-15(14)19)7-6-8-16(20)21/h9-11,19H,6-8,12H2,1-5H3,(H,20,21). The van der Waals surface area contributed by atoms with Gasteiger partial charge in [0.25, 0.3) is 0 Å². The van der Waals surface area contributed by atoms with Crippen LogP contribution in [0.3, 0.4) is 0 Å². The van der Waals surface area contributed by atoms with Gasteiger partial charge in [-0.25, -0.2) is 0 Å². The molecule has 0 bridgehead atoms. The van der Waals surface area contributed by atoms with E-state index in [-0.39, 0.29) is 17.3 Å². The summed E-state index contributed by atoms with van der Waals surface area (Å²) in [6.07, 6.45) is 2.50. The molecule has 1 aromatic carbocycles. The van der Waals surface area contributed by atoms with E-state index in [0.717, 1.165) is 24.0 Å². The number of benzene rings is 1. The number of carbonyl (C=O) groups is 1. The van der Waals surface area contributed by atoms with Crippen LogP contribution in [0.15, 0.2) is 18.2 Å². The minimum absolute atomic E-state index is 0.120. The van der Waals surface area contributed by atoms with E-state index in [1.807, 2.05) is 12.1 Å². The van der Waals surface area contributed by atoms with Gasteiger partial charge in [0.1, 0.15) is 5.75 Å². The lowest BCUT2D eigenvalue weighted by atomic mass is 9.71. The average Bonchev–Trinajstić information content (AvgIpc) is 2.27. The highest BCUT2D eigenvalue weighted by atomic mass is 16.4. The van der Waals surface area contributed by atoms with Gasteiger partial charge in [-0.1, -0.05) is 46.8 Å². The molecule has 0 unspecified atom stereocenters. The third-order valence-electron chi connectivity index (χ3n) is 3.62. The molecule has 0 aromatic heterocycles. The Morgan fingerprint density at radius 1 is 1.14 bits per heavy atom. The summed E-state index contributed by atoms with van der Waals surface area (Å²) in [5, 5.41) is 18.9. The van der Waals surface area contributed by atoms with Crippen LogP contribution >= 0.6 is 0 Å². The van der Waals surface area contributed by atoms with Crippen molar-refractivity contribution in [2.24, 2.45) is 5.41 Å². The van der Waals surface area contributed by atoms with E-state index in [2.05, 4.69) is 34.6 Å². The Balaban J connectivity index is 2.93. The zero-order chi connectivity index (χ0) is 16.3. The summed E-state index contributed by atoms with van der Waals surface area (Å²) in [4.78, 5) is 10.6. The zero-order valence-electron chi connectivity index (χ0n) is 13.9. The largest absolute Gasteiger partial charge is 0.508 e. The van der Waals surface area contributed by atoms with Crippen LogP contribution in [0.25, 0.3) is 0 Å². The lowest BCUT2D eigenvalue weighted by molar-refractivity contribution is -0.137. The van der Waals surface area contributed by atoms with Gasteiger partial charge in [0, 0.05) is 6.42 Å². The molecule has 0 aliphatic carbocycles. The van der Waals surface area contributed by atoms with E-state index in [0.29, 0.717) is 12.2 Å². The molecule has 0 fully saturated rings. The molecule has 3 heteroatoms. The van der Waals surface area contributed by atoms with Crippen LogP contribution in [0.1, 0.15) is 65.0 Å². The number of carboxylic acid groups (broad SMARTS) is 1. The number of hydrogen-bond donors (Lipinski definition) is 2. The van der Waals surface area contributed by atoms with Gasteiger partial charge in [0.05, 0.1) is 0 Å². The maximum atomic E-state index is 10.6. The summed E-state index contributed by atoms with van der Waals surface area (Å²) >= 11 is 0. The van der Waals surface area contributed by atoms with Crippen molar-refractivity contribution in [3.8, 4) is 5.75 Å². The highest BCUT2D eigenvalue weighted by Gasteiger charge is 2.29. The summed E-state index contributed by atoms with van der Waals surface area (Å²) < 4.78 is 0. The van der Waals surface area contributed by atoms with Crippen molar-refractivity contribution in [2.45, 2.75) is 65.7 Å². The first-order chi connectivity index (χ1) is 9.51. The summed E-state index contributed by atoms with van der Waals surface area (Å²) in [7, 11) is 0. The molecule has 21 heavy (non-hydrogen) atoms. The quantitative estimate of drug-likeness (QED) is 0.811. The van der Waals surface area contributed by atoms with E-state index in [4.69, 9.17) is 5.11 Å². The molecule has 0 heterocycles. The number of aryl methyl sites for hydroxylation is 1. The SMILES string of the molecule is CC(C)(C)CC(C)(C)c1cc(CCCC(=O)O)ccc1O. The molecule has 0 amide bonds. The van der Waals surface area contributed by atoms with Gasteiger partial charge >= 0.3 is 5.97 Å². The number of phenols is 1. The Morgan fingerprint density at radius 3 is 2.29 bits per heavy atom. The van der Waals surface area contributed by atoms with Gasteiger partial charge < -0.3 is 10.2 Å². The van der Waals surface area contributed by atoms with Crippen molar-refractivity contribution in [2.75, 3.05) is 0 Å². The molecular formula is C18H28O3. The van der Waals surface area contributed by atoms with Crippen molar-refractivity contribution >= 4 is 5.97 Å². The molecule has 1 aromatic rings. The molecule has 0 aliphatic heterocycles. The Hall–Kier alpha value is -1.51. The molecule has 118 valence electrons. The van der Waals surface area contributed by atoms with E-state index in [1.54, 1.807) is 6.07 Å². The lowest BCUT2D eigenvalue weighted by Gasteiger charge is -2.33. The minimum Gasteiger partial charge on any atom is -0.508 e. The Labute approximate surface area is 128 Å². The minimum atomic E-state index is -0.762. The van der Waals surface area contributed by atoms with Crippen LogP contribution in [-0.2, 0) is 16.6 Å². The molecule has 0 atom stereocenters. The van der Waals surface area contributed by atoms with Crippen LogP contribution in [0.4, 0.5) is 0 Å². The summed E-state index contributed by atoms with van der Waals surface area (Å²) in [6.45, 7) is 10.9. The van der Waals surface area contributed by atoms with Gasteiger partial charge in [-0.3, -0.25) is 4.79 Å². The molecule has 0 saturated heterocycles. The van der Waals surface area contributed by atoms with Crippen molar-refractivity contribution in [1.29, 1.82) is 0 Å². The lowest BCUT2D eigenvalue weighted by Crippen LogP contribution is -2.25. The van der Waals surface area contributed by atoms with Gasteiger partial charge in [0.15, 0.2) is 0 Å². The second-order valence-electron chi connectivity index (χ2n) is 7.72. The maximum absolute atomic E-state index is 10.6. The van der Waals surface area contributed by atoms with Crippen LogP contribution in [0, 0.1) is 5.41 Å². The summed E-state index contributed by atoms with van der Waals surface area (Å²) in [5.74, 6) is -0.437. The third-order valence-corrected chi connectivity index (χ3v) is 3.62. The Bertz CT molecular complexity index is 496. The second kappa shape index (κ2) is 6.50. The third kappa shape index (κ3) is 5.78. The average molecular weight is 292 g/mol. The molecule has 0 radical (unpaired) electrons. The Kier molecular flexibility index (Phi) is 5.43. The highest BCUT2D eigenvalue weighted by molar-refractivity contribution is 5.66. The van der Waals surface area contributed by atoms with E-state index < -0.39 is 5.97 Å². The van der Waals surface area contributed by atoms with E-state index in [9.17, 15) is 9.90 Å². The number of hydrogen-bond acceptors (Lipinski definition) is 2. The first-order valence-corrected chi connectivity index (χ1v) is 7.55. The first-order valence-electron chi connectivity index (χ1n) is 7.55. The number of carboxylic acids is 1. The fourth-order valence-corrected chi connectivity index (χ4v) is 3.15.